The molecular formula is C20H23F3N8. The first-order valence-corrected chi connectivity index (χ1v) is 9.93. The van der Waals surface area contributed by atoms with Crippen LogP contribution in [-0.4, -0.2) is 35.3 Å². The Morgan fingerprint density at radius 3 is 2.42 bits per heavy atom. The number of aromatic nitrogens is 6. The fraction of sp³-hybridized carbons (Fsp3) is 0.400. The Kier molecular flexibility index (Phi) is 5.19. The van der Waals surface area contributed by atoms with E-state index in [4.69, 9.17) is 11.5 Å². The average molecular weight is 432 g/mol. The van der Waals surface area contributed by atoms with Crippen LogP contribution in [0.5, 0.6) is 0 Å². The first-order chi connectivity index (χ1) is 14.6. The van der Waals surface area contributed by atoms with Crippen LogP contribution in [0.25, 0.3) is 27.9 Å². The van der Waals surface area contributed by atoms with E-state index < -0.39 is 12.7 Å². The summed E-state index contributed by atoms with van der Waals surface area (Å²) in [6.07, 6.45) is 1.71. The number of imidazole rings is 1. The van der Waals surface area contributed by atoms with E-state index in [0.29, 0.717) is 22.3 Å². The van der Waals surface area contributed by atoms with Gasteiger partial charge in [0.05, 0.1) is 5.69 Å². The smallest absolute Gasteiger partial charge is 0.382 e. The standard InChI is InChI=1S/C15H13F3N8.C5H10/c1-7-21-10-3-2-9(22-13(10)25(7)6-15(16,17)18)8-4-5-26-11(8)12(19)23-14(20)24-26;1-5-3-2-4-5/h2-5H,6H2,1H3,(H4,19,20,23,24);5H,2-4H2,1H3. The van der Waals surface area contributed by atoms with Gasteiger partial charge in [0.2, 0.25) is 5.95 Å². The van der Waals surface area contributed by atoms with E-state index in [1.54, 1.807) is 24.4 Å². The van der Waals surface area contributed by atoms with E-state index in [1.165, 1.54) is 30.7 Å². The Morgan fingerprint density at radius 2 is 1.81 bits per heavy atom. The number of nitrogen functional groups attached to an aromatic ring is 2. The molecule has 5 rings (SSSR count). The molecule has 4 aromatic rings. The highest BCUT2D eigenvalue weighted by molar-refractivity contribution is 5.88. The Balaban J connectivity index is 0.000000407. The summed E-state index contributed by atoms with van der Waals surface area (Å²) in [4.78, 5) is 12.4. The first-order valence-electron chi connectivity index (χ1n) is 9.93. The van der Waals surface area contributed by atoms with Gasteiger partial charge in [0, 0.05) is 11.8 Å². The Morgan fingerprint density at radius 1 is 1.10 bits per heavy atom. The molecule has 0 spiro atoms. The van der Waals surface area contributed by atoms with Gasteiger partial charge in [0.25, 0.3) is 0 Å². The molecule has 1 aliphatic rings. The maximum atomic E-state index is 12.9. The van der Waals surface area contributed by atoms with E-state index in [1.807, 2.05) is 0 Å². The molecule has 8 nitrogen and oxygen atoms in total. The molecule has 0 unspecified atom stereocenters. The molecule has 0 bridgehead atoms. The maximum Gasteiger partial charge on any atom is 0.406 e. The van der Waals surface area contributed by atoms with E-state index in [0.717, 1.165) is 10.5 Å². The summed E-state index contributed by atoms with van der Waals surface area (Å²) in [7, 11) is 0. The summed E-state index contributed by atoms with van der Waals surface area (Å²) in [5.41, 5.74) is 13.5. The van der Waals surface area contributed by atoms with Crippen molar-refractivity contribution in [3.05, 3.63) is 30.2 Å². The first kappa shape index (κ1) is 20.9. The largest absolute Gasteiger partial charge is 0.406 e. The highest BCUT2D eigenvalue weighted by atomic mass is 19.4. The monoisotopic (exact) mass is 432 g/mol. The van der Waals surface area contributed by atoms with Crippen molar-refractivity contribution in [2.24, 2.45) is 5.92 Å². The predicted molar refractivity (Wildman–Crippen MR) is 112 cm³/mol. The second-order valence-electron chi connectivity index (χ2n) is 7.81. The molecule has 1 fully saturated rings. The van der Waals surface area contributed by atoms with Crippen molar-refractivity contribution in [1.82, 2.24) is 29.1 Å². The molecule has 164 valence electrons. The average Bonchev–Trinajstić information content (AvgIpc) is 3.20. The Bertz CT molecular complexity index is 1240. The zero-order valence-corrected chi connectivity index (χ0v) is 17.2. The van der Waals surface area contributed by atoms with Crippen LogP contribution < -0.4 is 11.5 Å². The van der Waals surface area contributed by atoms with Crippen LogP contribution in [0, 0.1) is 12.8 Å². The number of halogens is 3. The van der Waals surface area contributed by atoms with Crippen LogP contribution in [0.15, 0.2) is 24.4 Å². The summed E-state index contributed by atoms with van der Waals surface area (Å²) in [5.74, 6) is 1.47. The quantitative estimate of drug-likeness (QED) is 0.495. The number of alkyl halides is 3. The number of pyridine rings is 1. The van der Waals surface area contributed by atoms with Crippen molar-refractivity contribution in [3.8, 4) is 11.3 Å². The van der Waals surface area contributed by atoms with Crippen LogP contribution in [0.4, 0.5) is 24.9 Å². The minimum atomic E-state index is -4.38. The summed E-state index contributed by atoms with van der Waals surface area (Å²) >= 11 is 0. The van der Waals surface area contributed by atoms with Gasteiger partial charge in [-0.2, -0.15) is 18.2 Å². The van der Waals surface area contributed by atoms with Gasteiger partial charge in [0.1, 0.15) is 23.4 Å². The molecule has 0 atom stereocenters. The van der Waals surface area contributed by atoms with E-state index >= 15 is 0 Å². The lowest BCUT2D eigenvalue weighted by Gasteiger charge is -2.18. The van der Waals surface area contributed by atoms with Gasteiger partial charge in [-0.05, 0) is 31.0 Å². The SMILES string of the molecule is CC1CCC1.Cc1nc2ccc(-c3ccn4nc(N)nc(N)c34)nc2n1CC(F)(F)F. The number of rotatable bonds is 2. The third kappa shape index (κ3) is 4.25. The second kappa shape index (κ2) is 7.71. The predicted octanol–water partition coefficient (Wildman–Crippen LogP) is 3.98. The summed E-state index contributed by atoms with van der Waals surface area (Å²) in [5, 5.41) is 4.02. The molecule has 0 saturated heterocycles. The molecule has 0 aromatic carbocycles. The zero-order valence-electron chi connectivity index (χ0n) is 17.2. The van der Waals surface area contributed by atoms with Gasteiger partial charge < -0.3 is 16.0 Å². The van der Waals surface area contributed by atoms with Crippen LogP contribution in [0.2, 0.25) is 0 Å². The van der Waals surface area contributed by atoms with Gasteiger partial charge in [-0.1, -0.05) is 26.2 Å². The number of hydrogen-bond donors (Lipinski definition) is 2. The third-order valence-corrected chi connectivity index (χ3v) is 5.34. The summed E-state index contributed by atoms with van der Waals surface area (Å²) in [6, 6.07) is 4.98. The van der Waals surface area contributed by atoms with Gasteiger partial charge in [-0.25, -0.2) is 14.5 Å². The zero-order chi connectivity index (χ0) is 22.3. The van der Waals surface area contributed by atoms with Crippen molar-refractivity contribution < 1.29 is 13.2 Å². The molecule has 1 aliphatic carbocycles. The Labute approximate surface area is 176 Å². The lowest BCUT2D eigenvalue weighted by Crippen LogP contribution is -2.18. The lowest BCUT2D eigenvalue weighted by molar-refractivity contribution is -0.140. The van der Waals surface area contributed by atoms with Crippen LogP contribution in [0.1, 0.15) is 32.0 Å². The summed E-state index contributed by atoms with van der Waals surface area (Å²) < 4.78 is 41.1. The molecule has 0 aliphatic heterocycles. The van der Waals surface area contributed by atoms with Crippen LogP contribution in [-0.2, 0) is 6.54 Å². The van der Waals surface area contributed by atoms with Crippen molar-refractivity contribution >= 4 is 28.4 Å². The number of nitrogens with zero attached hydrogens (tertiary/aromatic N) is 6. The molecule has 4 heterocycles. The summed E-state index contributed by atoms with van der Waals surface area (Å²) in [6.45, 7) is 2.66. The minimum Gasteiger partial charge on any atom is -0.382 e. The van der Waals surface area contributed by atoms with Crippen LogP contribution >= 0.6 is 0 Å². The van der Waals surface area contributed by atoms with Gasteiger partial charge in [-0.3, -0.25) is 0 Å². The molecule has 4 N–H and O–H groups in total. The van der Waals surface area contributed by atoms with Crippen molar-refractivity contribution in [2.75, 3.05) is 11.5 Å². The fourth-order valence-electron chi connectivity index (χ4n) is 3.52. The topological polar surface area (TPSA) is 113 Å². The second-order valence-corrected chi connectivity index (χ2v) is 7.81. The molecule has 0 amide bonds. The number of nitrogens with two attached hydrogens (primary N) is 2. The highest BCUT2D eigenvalue weighted by Gasteiger charge is 2.30. The highest BCUT2D eigenvalue weighted by Crippen LogP contribution is 2.30. The lowest BCUT2D eigenvalue weighted by atomic mass is 9.88. The van der Waals surface area contributed by atoms with E-state index in [9.17, 15) is 13.2 Å². The van der Waals surface area contributed by atoms with Gasteiger partial charge in [-0.15, -0.1) is 5.10 Å². The number of aryl methyl sites for hydroxylation is 1. The third-order valence-electron chi connectivity index (χ3n) is 5.34. The van der Waals surface area contributed by atoms with Gasteiger partial charge in [0.15, 0.2) is 11.5 Å². The molecule has 11 heteroatoms. The van der Waals surface area contributed by atoms with E-state index in [-0.39, 0.29) is 23.2 Å². The fourth-order valence-corrected chi connectivity index (χ4v) is 3.52. The maximum absolute atomic E-state index is 12.9. The molecular weight excluding hydrogens is 409 g/mol. The number of anilines is 2. The van der Waals surface area contributed by atoms with Crippen molar-refractivity contribution in [3.63, 3.8) is 0 Å². The van der Waals surface area contributed by atoms with Gasteiger partial charge >= 0.3 is 6.18 Å². The molecule has 4 aromatic heterocycles. The minimum absolute atomic E-state index is 0.0134. The number of hydrogen-bond acceptors (Lipinski definition) is 6. The van der Waals surface area contributed by atoms with Crippen LogP contribution in [0.3, 0.4) is 0 Å². The van der Waals surface area contributed by atoms with Crippen molar-refractivity contribution in [1.29, 1.82) is 0 Å². The van der Waals surface area contributed by atoms with E-state index in [2.05, 4.69) is 27.0 Å². The van der Waals surface area contributed by atoms with Crippen molar-refractivity contribution in [2.45, 2.75) is 45.8 Å². The molecule has 1 saturated carbocycles. The Hall–Kier alpha value is -3.37. The number of fused-ring (bicyclic) bond motifs is 2. The molecule has 31 heavy (non-hydrogen) atoms. The molecule has 0 radical (unpaired) electrons. The normalized spacial score (nSPS) is 14.5.